The second-order valence-corrected chi connectivity index (χ2v) is 23.8. The second-order valence-electron chi connectivity index (χ2n) is 23.8. The van der Waals surface area contributed by atoms with Crippen LogP contribution in [0, 0.1) is 66.7 Å². The molecule has 0 bridgehead atoms. The summed E-state index contributed by atoms with van der Waals surface area (Å²) in [5.41, 5.74) is 15.3. The van der Waals surface area contributed by atoms with Gasteiger partial charge in [0.2, 0.25) is 0 Å². The number of nitriles is 1. The van der Waals surface area contributed by atoms with Gasteiger partial charge < -0.3 is 9.13 Å². The summed E-state index contributed by atoms with van der Waals surface area (Å²) in [6.45, 7) is 15.1. The molecule has 16 rings (SSSR count). The van der Waals surface area contributed by atoms with Crippen molar-refractivity contribution in [3.05, 3.63) is 246 Å². The molecule has 0 atom stereocenters. The zero-order valence-electron chi connectivity index (χ0n) is 53.5. The summed E-state index contributed by atoms with van der Waals surface area (Å²) in [6.07, 6.45) is 0. The monoisotopic (exact) mass is 1240 g/mol. The average molecular weight is 1250 g/mol. The van der Waals surface area contributed by atoms with Crippen molar-refractivity contribution in [2.24, 2.45) is 0 Å². The van der Waals surface area contributed by atoms with Gasteiger partial charge >= 0.3 is 0 Å². The number of aromatic nitrogens is 17. The molecule has 0 aliphatic carbocycles. The third-order valence-corrected chi connectivity index (χ3v) is 17.1. The van der Waals surface area contributed by atoms with Gasteiger partial charge in [0.15, 0.2) is 40.8 Å². The van der Waals surface area contributed by atoms with E-state index in [9.17, 15) is 5.26 Å². The van der Waals surface area contributed by atoms with E-state index in [0.29, 0.717) is 92.9 Å². The number of benzene rings is 9. The van der Waals surface area contributed by atoms with Crippen LogP contribution in [0.1, 0.15) is 52.2 Å². The largest absolute Gasteiger partial charge is 0.309 e. The summed E-state index contributed by atoms with van der Waals surface area (Å²) >= 11 is 0. The second kappa shape index (κ2) is 23.4. The van der Waals surface area contributed by atoms with Gasteiger partial charge in [-0.15, -0.1) is 0 Å². The minimum Gasteiger partial charge on any atom is -0.309 e. The Labute approximate surface area is 551 Å². The highest BCUT2D eigenvalue weighted by Gasteiger charge is 2.26. The van der Waals surface area contributed by atoms with E-state index in [1.54, 1.807) is 0 Å². The van der Waals surface area contributed by atoms with Gasteiger partial charge in [0.25, 0.3) is 0 Å². The first-order valence-corrected chi connectivity index (χ1v) is 31.3. The molecule has 0 saturated carbocycles. The quantitative estimate of drug-likeness (QED) is 0.117. The topological polar surface area (TPSA) is 227 Å². The lowest BCUT2D eigenvalue weighted by molar-refractivity contribution is 0.928. The molecule has 16 aromatic rings. The Morgan fingerprint density at radius 3 is 0.906 bits per heavy atom. The van der Waals surface area contributed by atoms with E-state index in [1.807, 2.05) is 140 Å². The van der Waals surface area contributed by atoms with E-state index in [0.717, 1.165) is 116 Å². The van der Waals surface area contributed by atoms with Crippen molar-refractivity contribution in [1.29, 1.82) is 5.26 Å². The van der Waals surface area contributed by atoms with Crippen LogP contribution in [0.4, 0.5) is 0 Å². The number of hydrogen-bond donors (Lipinski definition) is 0. The fraction of sp³-hybridized carbons (Fsp3) is 0.103. The Kier molecular flexibility index (Phi) is 14.2. The predicted octanol–water partition coefficient (Wildman–Crippen LogP) is 16.1. The molecule has 96 heavy (non-hydrogen) atoms. The highest BCUT2D eigenvalue weighted by molar-refractivity contribution is 6.14. The molecule has 0 aliphatic rings. The van der Waals surface area contributed by atoms with Crippen LogP contribution < -0.4 is 0 Å². The Hall–Kier alpha value is -12.9. The van der Waals surface area contributed by atoms with Crippen LogP contribution in [0.5, 0.6) is 0 Å². The number of aryl methyl sites for hydroxylation is 8. The van der Waals surface area contributed by atoms with Gasteiger partial charge in [-0.1, -0.05) is 84.9 Å². The average Bonchev–Trinajstić information content (AvgIpc) is 1.55. The van der Waals surface area contributed by atoms with E-state index in [2.05, 4.69) is 144 Å². The van der Waals surface area contributed by atoms with Crippen molar-refractivity contribution < 1.29 is 0 Å². The number of nitrogens with zero attached hydrogens (tertiary/aromatic N) is 18. The van der Waals surface area contributed by atoms with Crippen LogP contribution >= 0.6 is 0 Å². The molecular formula is C78H56N18. The Bertz CT molecular complexity index is 5540. The lowest BCUT2D eigenvalue weighted by Gasteiger charge is -2.21. The van der Waals surface area contributed by atoms with Gasteiger partial charge in [0.1, 0.15) is 46.6 Å². The van der Waals surface area contributed by atoms with E-state index < -0.39 is 0 Å². The summed E-state index contributed by atoms with van der Waals surface area (Å²) in [6, 6.07) is 68.8. The van der Waals surface area contributed by atoms with Crippen molar-refractivity contribution in [2.75, 3.05) is 0 Å². The Morgan fingerprint density at radius 2 is 0.542 bits per heavy atom. The van der Waals surface area contributed by atoms with Gasteiger partial charge in [0, 0.05) is 71.6 Å². The maximum atomic E-state index is 10.0. The summed E-state index contributed by atoms with van der Waals surface area (Å²) < 4.78 is 4.68. The summed E-state index contributed by atoms with van der Waals surface area (Å²) in [7, 11) is 0. The predicted molar refractivity (Wildman–Crippen MR) is 374 cm³/mol. The molecule has 0 spiro atoms. The smallest absolute Gasteiger partial charge is 0.164 e. The van der Waals surface area contributed by atoms with Gasteiger partial charge in [-0.3, -0.25) is 0 Å². The van der Waals surface area contributed by atoms with E-state index in [1.165, 1.54) is 0 Å². The summed E-state index contributed by atoms with van der Waals surface area (Å²) in [4.78, 5) is 72.7. The highest BCUT2D eigenvalue weighted by atomic mass is 15.1. The Balaban J connectivity index is 1.02. The molecule has 0 fully saturated rings. The van der Waals surface area contributed by atoms with Gasteiger partial charge in [-0.25, -0.2) is 74.8 Å². The molecule has 7 heterocycles. The maximum Gasteiger partial charge on any atom is 0.164 e. The lowest BCUT2D eigenvalue weighted by atomic mass is 9.94. The molecule has 9 aromatic carbocycles. The standard InChI is InChI=1S/C78H56N18/c1-42-80-43(2)85-74(84-42)55-24-31-67-62(36-55)63-37-56(75-86-44(3)81-45(4)87-75)25-32-68(63)95(67)66-30-28-59(78-93-72(52-15-11-9-12-16-52)92-73(94-78)53-17-13-10-14-18-53)35-61(66)60-29-23-54(51-21-19-50(41-79)20-22-51)40-71(60)96-69-33-26-57(76-88-46(5)82-47(6)89-76)38-64(69)65-39-58(27-34-70(65)96)77-90-48(7)83-49(8)91-77/h9-40H,1-8H3. The minimum atomic E-state index is 0.484. The zero-order chi connectivity index (χ0) is 65.5. The van der Waals surface area contributed by atoms with E-state index >= 15 is 0 Å². The molecule has 18 nitrogen and oxygen atoms in total. The van der Waals surface area contributed by atoms with Crippen molar-refractivity contribution in [3.63, 3.8) is 0 Å². The van der Waals surface area contributed by atoms with Crippen LogP contribution in [0.15, 0.2) is 194 Å². The highest BCUT2D eigenvalue weighted by Crippen LogP contribution is 2.46. The van der Waals surface area contributed by atoms with Crippen molar-refractivity contribution in [1.82, 2.24) is 83.9 Å². The SMILES string of the molecule is Cc1nc(C)nc(-c2ccc3c(c2)c2cc(-c4nc(C)nc(C)n4)ccc2n3-c2ccc(-c3nc(-c4ccccc4)nc(-c4ccccc4)n3)cc2-c2ccc(-c3ccc(C#N)cc3)cc2-n2c3ccc(-c4nc(C)nc(C)n4)cc3c3cc(-c4nc(C)nc(C)n4)ccc32)n1. The molecule has 0 N–H and O–H groups in total. The molecule has 7 aromatic heterocycles. The normalized spacial score (nSPS) is 11.5. The maximum absolute atomic E-state index is 10.0. The lowest BCUT2D eigenvalue weighted by Crippen LogP contribution is -2.04. The zero-order valence-corrected chi connectivity index (χ0v) is 53.5. The molecule has 0 saturated heterocycles. The van der Waals surface area contributed by atoms with Gasteiger partial charge in [-0.05, 0) is 176 Å². The fourth-order valence-corrected chi connectivity index (χ4v) is 13.0. The first-order chi connectivity index (χ1) is 46.7. The van der Waals surface area contributed by atoms with Crippen LogP contribution in [0.3, 0.4) is 0 Å². The van der Waals surface area contributed by atoms with E-state index in [-0.39, 0.29) is 0 Å². The van der Waals surface area contributed by atoms with Crippen molar-refractivity contribution >= 4 is 43.6 Å². The minimum absolute atomic E-state index is 0.484. The first-order valence-electron chi connectivity index (χ1n) is 31.3. The number of rotatable bonds is 11. The van der Waals surface area contributed by atoms with Crippen LogP contribution in [-0.2, 0) is 0 Å². The van der Waals surface area contributed by atoms with Gasteiger partial charge in [-0.2, -0.15) is 5.26 Å². The molecular weight excluding hydrogens is 1190 g/mol. The van der Waals surface area contributed by atoms with Crippen LogP contribution in [0.25, 0.3) is 157 Å². The third-order valence-electron chi connectivity index (χ3n) is 17.1. The molecule has 0 unspecified atom stereocenters. The number of fused-ring (bicyclic) bond motifs is 6. The van der Waals surface area contributed by atoms with Crippen molar-refractivity contribution in [2.45, 2.75) is 55.4 Å². The van der Waals surface area contributed by atoms with Crippen LogP contribution in [0.2, 0.25) is 0 Å². The third kappa shape index (κ3) is 10.7. The number of hydrogen-bond acceptors (Lipinski definition) is 16. The summed E-state index contributed by atoms with van der Waals surface area (Å²) in [5, 5.41) is 13.8. The first kappa shape index (κ1) is 58.2. The molecule has 458 valence electrons. The fourth-order valence-electron chi connectivity index (χ4n) is 13.0. The molecule has 18 heteroatoms. The molecule has 0 aliphatic heterocycles. The summed E-state index contributed by atoms with van der Waals surface area (Å²) in [5.74, 6) is 8.85. The van der Waals surface area contributed by atoms with E-state index in [4.69, 9.17) is 54.8 Å². The molecule has 0 amide bonds. The van der Waals surface area contributed by atoms with Crippen LogP contribution in [-0.4, -0.2) is 83.9 Å². The van der Waals surface area contributed by atoms with Crippen molar-refractivity contribution in [3.8, 4) is 119 Å². The molecule has 0 radical (unpaired) electrons. The van der Waals surface area contributed by atoms with Gasteiger partial charge in [0.05, 0.1) is 45.1 Å². The Morgan fingerprint density at radius 1 is 0.240 bits per heavy atom.